The highest BCUT2D eigenvalue weighted by Crippen LogP contribution is 2.31. The van der Waals surface area contributed by atoms with Crippen LogP contribution in [0.3, 0.4) is 0 Å². The molecular weight excluding hydrogens is 482 g/mol. The maximum absolute atomic E-state index is 13.6. The van der Waals surface area contributed by atoms with Gasteiger partial charge < -0.3 is 4.74 Å². The average molecular weight is 510 g/mol. The van der Waals surface area contributed by atoms with Crippen LogP contribution in [0.1, 0.15) is 21.5 Å². The molecule has 0 atom stereocenters. The van der Waals surface area contributed by atoms with Gasteiger partial charge in [0.15, 0.2) is 15.0 Å². The molecule has 1 aliphatic heterocycles. The van der Waals surface area contributed by atoms with Gasteiger partial charge in [0, 0.05) is 38.0 Å². The minimum atomic E-state index is -3.32. The first-order chi connectivity index (χ1) is 15.2. The van der Waals surface area contributed by atoms with Crippen LogP contribution in [0.15, 0.2) is 41.3 Å². The zero-order valence-electron chi connectivity index (χ0n) is 18.9. The summed E-state index contributed by atoms with van der Waals surface area (Å²) in [6.07, 6.45) is 1.19. The van der Waals surface area contributed by atoms with Crippen molar-refractivity contribution in [3.63, 3.8) is 0 Å². The molecule has 4 rings (SSSR count). The lowest BCUT2D eigenvalue weighted by Crippen LogP contribution is -2.43. The molecule has 33 heavy (non-hydrogen) atoms. The maximum Gasteiger partial charge on any atom is 0.260 e. The second-order valence-corrected chi connectivity index (χ2v) is 11.2. The Balaban J connectivity index is 0.00000306. The first-order valence-electron chi connectivity index (χ1n) is 10.5. The van der Waals surface area contributed by atoms with Gasteiger partial charge in [-0.1, -0.05) is 28.5 Å². The van der Waals surface area contributed by atoms with Crippen molar-refractivity contribution in [2.75, 3.05) is 50.5 Å². The number of rotatable bonds is 6. The van der Waals surface area contributed by atoms with Gasteiger partial charge in [-0.15, -0.1) is 12.4 Å². The number of thiazole rings is 1. The molecule has 10 heteroatoms. The Bertz CT molecular complexity index is 1230. The van der Waals surface area contributed by atoms with Crippen molar-refractivity contribution in [1.29, 1.82) is 0 Å². The van der Waals surface area contributed by atoms with Crippen molar-refractivity contribution >= 4 is 54.8 Å². The number of ether oxygens (including phenoxy) is 1. The summed E-state index contributed by atoms with van der Waals surface area (Å²) in [5, 5.41) is 0.572. The molecular formula is C23H28ClN3O4S2. The average Bonchev–Trinajstić information content (AvgIpc) is 3.16. The van der Waals surface area contributed by atoms with Gasteiger partial charge in [-0.2, -0.15) is 0 Å². The summed E-state index contributed by atoms with van der Waals surface area (Å²) in [5.41, 5.74) is 3.37. The molecule has 0 N–H and O–H groups in total. The molecule has 1 amide bonds. The quantitative estimate of drug-likeness (QED) is 0.504. The lowest BCUT2D eigenvalue weighted by Gasteiger charge is -2.29. The van der Waals surface area contributed by atoms with Gasteiger partial charge in [0.05, 0.1) is 28.3 Å². The number of anilines is 1. The van der Waals surface area contributed by atoms with E-state index in [9.17, 15) is 13.2 Å². The van der Waals surface area contributed by atoms with Gasteiger partial charge in [-0.05, 0) is 44.2 Å². The smallest absolute Gasteiger partial charge is 0.260 e. The molecule has 0 saturated carbocycles. The number of carbonyl (C=O) groups excluding carboxylic acids is 1. The van der Waals surface area contributed by atoms with Crippen molar-refractivity contribution in [3.8, 4) is 0 Å². The van der Waals surface area contributed by atoms with E-state index in [0.717, 1.165) is 28.9 Å². The molecule has 0 aliphatic carbocycles. The topological polar surface area (TPSA) is 79.8 Å². The second-order valence-electron chi connectivity index (χ2n) is 8.19. The van der Waals surface area contributed by atoms with Crippen LogP contribution in [0.4, 0.5) is 5.13 Å². The van der Waals surface area contributed by atoms with Crippen LogP contribution in [0.25, 0.3) is 10.2 Å². The number of hydrogen-bond donors (Lipinski definition) is 0. The number of fused-ring (bicyclic) bond motifs is 1. The molecule has 1 aliphatic rings. The number of nitrogens with zero attached hydrogens (tertiary/aromatic N) is 3. The second kappa shape index (κ2) is 10.5. The first-order valence-corrected chi connectivity index (χ1v) is 13.2. The van der Waals surface area contributed by atoms with E-state index < -0.39 is 9.84 Å². The van der Waals surface area contributed by atoms with Crippen molar-refractivity contribution in [2.45, 2.75) is 18.7 Å². The van der Waals surface area contributed by atoms with Crippen LogP contribution in [-0.2, 0) is 14.6 Å². The van der Waals surface area contributed by atoms with E-state index in [1.165, 1.54) is 17.6 Å². The van der Waals surface area contributed by atoms with Crippen molar-refractivity contribution < 1.29 is 17.9 Å². The summed E-state index contributed by atoms with van der Waals surface area (Å²) in [6.45, 7) is 8.22. The van der Waals surface area contributed by atoms with Crippen molar-refractivity contribution in [3.05, 3.63) is 53.1 Å². The first kappa shape index (κ1) is 25.6. The fraction of sp³-hybridized carbons (Fsp3) is 0.391. The number of hydrogen-bond acceptors (Lipinski definition) is 7. The zero-order chi connectivity index (χ0) is 22.9. The molecule has 1 aromatic heterocycles. The molecule has 1 saturated heterocycles. The van der Waals surface area contributed by atoms with Crippen LogP contribution in [0, 0.1) is 13.8 Å². The number of aromatic nitrogens is 1. The number of halogens is 1. The van der Waals surface area contributed by atoms with Crippen LogP contribution in [0.5, 0.6) is 0 Å². The predicted molar refractivity (Wildman–Crippen MR) is 135 cm³/mol. The van der Waals surface area contributed by atoms with Crippen LogP contribution in [0.2, 0.25) is 0 Å². The summed E-state index contributed by atoms with van der Waals surface area (Å²) in [7, 11) is -3.32. The zero-order valence-corrected chi connectivity index (χ0v) is 21.4. The lowest BCUT2D eigenvalue weighted by atomic mass is 10.1. The fourth-order valence-electron chi connectivity index (χ4n) is 3.84. The summed E-state index contributed by atoms with van der Waals surface area (Å²) in [5.74, 6) is -0.104. The molecule has 178 valence electrons. The molecule has 1 fully saturated rings. The Morgan fingerprint density at radius 3 is 2.42 bits per heavy atom. The molecule has 0 spiro atoms. The largest absolute Gasteiger partial charge is 0.379 e. The Morgan fingerprint density at radius 1 is 1.12 bits per heavy atom. The van der Waals surface area contributed by atoms with Crippen LogP contribution < -0.4 is 4.90 Å². The minimum absolute atomic E-state index is 0. The van der Waals surface area contributed by atoms with Gasteiger partial charge in [-0.25, -0.2) is 13.4 Å². The number of sulfone groups is 1. The highest BCUT2D eigenvalue weighted by Gasteiger charge is 2.23. The van der Waals surface area contributed by atoms with Gasteiger partial charge >= 0.3 is 0 Å². The normalized spacial score (nSPS) is 14.8. The van der Waals surface area contributed by atoms with Gasteiger partial charge in [0.25, 0.3) is 5.91 Å². The van der Waals surface area contributed by atoms with E-state index in [0.29, 0.717) is 42.5 Å². The Morgan fingerprint density at radius 2 is 1.79 bits per heavy atom. The summed E-state index contributed by atoms with van der Waals surface area (Å²) in [4.78, 5) is 22.5. The third-order valence-electron chi connectivity index (χ3n) is 5.46. The molecule has 3 aromatic rings. The standard InChI is InChI=1S/C23H27N3O4S2.ClH/c1-16-12-17(2)14-18(13-16)22(27)26(7-6-25-8-10-30-11-9-25)23-24-20-5-4-19(32(3,28)29)15-21(20)31-23;/h4-5,12-15H,6-11H2,1-3H3;1H. The van der Waals surface area contributed by atoms with Crippen molar-refractivity contribution in [2.24, 2.45) is 0 Å². The fourth-order valence-corrected chi connectivity index (χ4v) is 5.59. The Hall–Kier alpha value is -2.04. The lowest BCUT2D eigenvalue weighted by molar-refractivity contribution is 0.0391. The summed E-state index contributed by atoms with van der Waals surface area (Å²) < 4.78 is 30.1. The molecule has 0 unspecified atom stereocenters. The summed E-state index contributed by atoms with van der Waals surface area (Å²) >= 11 is 1.34. The molecule has 0 radical (unpaired) electrons. The highest BCUT2D eigenvalue weighted by molar-refractivity contribution is 7.90. The maximum atomic E-state index is 13.6. The Labute approximate surface area is 204 Å². The highest BCUT2D eigenvalue weighted by atomic mass is 35.5. The number of benzene rings is 2. The number of amides is 1. The number of aryl methyl sites for hydroxylation is 2. The van der Waals surface area contributed by atoms with Crippen molar-refractivity contribution in [1.82, 2.24) is 9.88 Å². The SMILES string of the molecule is Cc1cc(C)cc(C(=O)N(CCN2CCOCC2)c2nc3ccc(S(C)(=O)=O)cc3s2)c1.Cl. The molecule has 2 aromatic carbocycles. The van der Waals surface area contributed by atoms with Gasteiger partial charge in [0.1, 0.15) is 0 Å². The van der Waals surface area contributed by atoms with E-state index in [4.69, 9.17) is 4.74 Å². The number of morpholine rings is 1. The van der Waals surface area contributed by atoms with Crippen LogP contribution >= 0.6 is 23.7 Å². The summed E-state index contributed by atoms with van der Waals surface area (Å²) in [6, 6.07) is 10.7. The van der Waals surface area contributed by atoms with E-state index in [1.807, 2.05) is 32.0 Å². The molecule has 0 bridgehead atoms. The third kappa shape index (κ3) is 6.10. The Kier molecular flexibility index (Phi) is 8.13. The predicted octanol–water partition coefficient (Wildman–Crippen LogP) is 3.72. The van der Waals surface area contributed by atoms with E-state index in [-0.39, 0.29) is 23.2 Å². The van der Waals surface area contributed by atoms with Gasteiger partial charge in [-0.3, -0.25) is 14.6 Å². The van der Waals surface area contributed by atoms with E-state index >= 15 is 0 Å². The van der Waals surface area contributed by atoms with E-state index in [1.54, 1.807) is 23.1 Å². The molecule has 2 heterocycles. The molecule has 7 nitrogen and oxygen atoms in total. The van der Waals surface area contributed by atoms with Crippen LogP contribution in [-0.4, -0.2) is 69.9 Å². The minimum Gasteiger partial charge on any atom is -0.379 e. The number of carbonyl (C=O) groups is 1. The monoisotopic (exact) mass is 509 g/mol. The van der Waals surface area contributed by atoms with Gasteiger partial charge in [0.2, 0.25) is 0 Å². The van der Waals surface area contributed by atoms with E-state index in [2.05, 4.69) is 9.88 Å². The third-order valence-corrected chi connectivity index (χ3v) is 7.62.